The summed E-state index contributed by atoms with van der Waals surface area (Å²) in [6.45, 7) is 1.80. The summed E-state index contributed by atoms with van der Waals surface area (Å²) in [5, 5.41) is 13.5. The van der Waals surface area contributed by atoms with Gasteiger partial charge in [0, 0.05) is 5.69 Å². The zero-order valence-corrected chi connectivity index (χ0v) is 11.1. The van der Waals surface area contributed by atoms with Crippen LogP contribution in [0.2, 0.25) is 0 Å². The Balaban J connectivity index is 2.11. The second-order valence-electron chi connectivity index (χ2n) is 4.53. The molecule has 0 saturated carbocycles. The van der Waals surface area contributed by atoms with Crippen molar-refractivity contribution in [3.63, 3.8) is 0 Å². The van der Waals surface area contributed by atoms with Crippen LogP contribution in [0.25, 0.3) is 0 Å². The molecule has 0 aliphatic carbocycles. The summed E-state index contributed by atoms with van der Waals surface area (Å²) >= 11 is 0. The number of carbonyl (C=O) groups excluding carboxylic acids is 2. The Hall–Kier alpha value is -2.62. The largest absolute Gasteiger partial charge is 0.545 e. The lowest BCUT2D eigenvalue weighted by Gasteiger charge is -2.11. The first-order valence-corrected chi connectivity index (χ1v) is 6.22. The number of aryl methyl sites for hydroxylation is 1. The number of carbonyl (C=O) groups is 2. The van der Waals surface area contributed by atoms with Crippen molar-refractivity contribution >= 4 is 17.6 Å². The molecule has 0 aliphatic heterocycles. The Morgan fingerprint density at radius 3 is 2.45 bits per heavy atom. The molecule has 1 N–H and O–H groups in total. The van der Waals surface area contributed by atoms with E-state index < -0.39 is 5.97 Å². The van der Waals surface area contributed by atoms with Crippen molar-refractivity contribution in [2.24, 2.45) is 0 Å². The second kappa shape index (κ2) is 6.02. The summed E-state index contributed by atoms with van der Waals surface area (Å²) in [5.41, 5.74) is 2.24. The van der Waals surface area contributed by atoms with E-state index >= 15 is 0 Å². The molecule has 4 nitrogen and oxygen atoms in total. The van der Waals surface area contributed by atoms with Crippen LogP contribution in [0.1, 0.15) is 21.5 Å². The molecule has 4 heteroatoms. The van der Waals surface area contributed by atoms with Crippen LogP contribution in [-0.4, -0.2) is 11.9 Å². The Labute approximate surface area is 117 Å². The van der Waals surface area contributed by atoms with Crippen molar-refractivity contribution in [2.75, 3.05) is 5.32 Å². The van der Waals surface area contributed by atoms with Gasteiger partial charge in [0.1, 0.15) is 0 Å². The number of nitrogens with one attached hydrogen (secondary N) is 1. The van der Waals surface area contributed by atoms with E-state index in [-0.39, 0.29) is 17.9 Å². The van der Waals surface area contributed by atoms with E-state index in [9.17, 15) is 14.7 Å². The van der Waals surface area contributed by atoms with Gasteiger partial charge in [0.25, 0.3) is 0 Å². The molecule has 102 valence electrons. The quantitative estimate of drug-likeness (QED) is 0.914. The van der Waals surface area contributed by atoms with Crippen molar-refractivity contribution in [3.05, 3.63) is 65.2 Å². The predicted octanol–water partition coefficient (Wildman–Crippen LogP) is 1.54. The Morgan fingerprint density at radius 1 is 1.10 bits per heavy atom. The highest BCUT2D eigenvalue weighted by Crippen LogP contribution is 2.17. The van der Waals surface area contributed by atoms with Crippen LogP contribution < -0.4 is 10.4 Å². The van der Waals surface area contributed by atoms with Crippen molar-refractivity contribution in [3.8, 4) is 0 Å². The molecule has 1 amide bonds. The van der Waals surface area contributed by atoms with Gasteiger partial charge in [-0.05, 0) is 29.7 Å². The van der Waals surface area contributed by atoms with E-state index in [1.54, 1.807) is 13.0 Å². The molecule has 20 heavy (non-hydrogen) atoms. The minimum atomic E-state index is -1.26. The molecular formula is C16H14NO3-. The molecule has 0 unspecified atom stereocenters. The maximum Gasteiger partial charge on any atom is 0.228 e. The first kappa shape index (κ1) is 13.8. The molecule has 0 spiro atoms. The van der Waals surface area contributed by atoms with E-state index in [2.05, 4.69) is 5.32 Å². The number of rotatable bonds is 4. The number of aromatic carboxylic acids is 1. The first-order valence-electron chi connectivity index (χ1n) is 6.22. The van der Waals surface area contributed by atoms with E-state index in [1.165, 1.54) is 12.1 Å². The number of carboxylic acids is 1. The molecule has 0 bridgehead atoms. The molecule has 0 radical (unpaired) electrons. The van der Waals surface area contributed by atoms with Gasteiger partial charge >= 0.3 is 0 Å². The van der Waals surface area contributed by atoms with Crippen LogP contribution in [0.4, 0.5) is 5.69 Å². The van der Waals surface area contributed by atoms with E-state index in [0.29, 0.717) is 5.69 Å². The predicted molar refractivity (Wildman–Crippen MR) is 74.3 cm³/mol. The molecule has 2 aromatic carbocycles. The van der Waals surface area contributed by atoms with Gasteiger partial charge in [0.05, 0.1) is 12.4 Å². The normalized spacial score (nSPS) is 10.1. The van der Waals surface area contributed by atoms with Crippen LogP contribution in [0, 0.1) is 6.92 Å². The number of benzene rings is 2. The fraction of sp³-hybridized carbons (Fsp3) is 0.125. The number of anilines is 1. The Kier molecular flexibility index (Phi) is 4.15. The Bertz CT molecular complexity index is 635. The SMILES string of the molecule is Cc1ccc(C(=O)[O-])cc1NC(=O)Cc1ccccc1. The highest BCUT2D eigenvalue weighted by atomic mass is 16.4. The topological polar surface area (TPSA) is 69.2 Å². The summed E-state index contributed by atoms with van der Waals surface area (Å²) in [4.78, 5) is 22.8. The van der Waals surface area contributed by atoms with E-state index in [1.807, 2.05) is 30.3 Å². The fourth-order valence-corrected chi connectivity index (χ4v) is 1.86. The van der Waals surface area contributed by atoms with Crippen LogP contribution in [0.5, 0.6) is 0 Å². The van der Waals surface area contributed by atoms with Gasteiger partial charge in [0.15, 0.2) is 0 Å². The number of hydrogen-bond donors (Lipinski definition) is 1. The van der Waals surface area contributed by atoms with Gasteiger partial charge in [-0.2, -0.15) is 0 Å². The first-order chi connectivity index (χ1) is 9.56. The smallest absolute Gasteiger partial charge is 0.228 e. The molecule has 0 heterocycles. The molecule has 0 aliphatic rings. The van der Waals surface area contributed by atoms with Crippen LogP contribution in [0.3, 0.4) is 0 Å². The second-order valence-corrected chi connectivity index (χ2v) is 4.53. The third-order valence-corrected chi connectivity index (χ3v) is 2.95. The maximum absolute atomic E-state index is 11.9. The highest BCUT2D eigenvalue weighted by molar-refractivity contribution is 5.95. The summed E-state index contributed by atoms with van der Waals surface area (Å²) < 4.78 is 0. The number of amides is 1. The van der Waals surface area contributed by atoms with Gasteiger partial charge < -0.3 is 15.2 Å². The monoisotopic (exact) mass is 268 g/mol. The summed E-state index contributed by atoms with van der Waals surface area (Å²) in [5.74, 6) is -1.45. The van der Waals surface area contributed by atoms with Gasteiger partial charge in [-0.3, -0.25) is 4.79 Å². The maximum atomic E-state index is 11.9. The van der Waals surface area contributed by atoms with Crippen LogP contribution >= 0.6 is 0 Å². The molecule has 0 atom stereocenters. The van der Waals surface area contributed by atoms with E-state index in [4.69, 9.17) is 0 Å². The fourth-order valence-electron chi connectivity index (χ4n) is 1.86. The number of hydrogen-bond acceptors (Lipinski definition) is 3. The molecule has 2 rings (SSSR count). The standard InChI is InChI=1S/C16H15NO3/c1-11-7-8-13(16(19)20)10-14(11)17-15(18)9-12-5-3-2-4-6-12/h2-8,10H,9H2,1H3,(H,17,18)(H,19,20)/p-1. The molecular weight excluding hydrogens is 254 g/mol. The average molecular weight is 268 g/mol. The highest BCUT2D eigenvalue weighted by Gasteiger charge is 2.07. The van der Waals surface area contributed by atoms with Gasteiger partial charge in [-0.25, -0.2) is 0 Å². The van der Waals surface area contributed by atoms with E-state index in [0.717, 1.165) is 11.1 Å². The van der Waals surface area contributed by atoms with Crippen LogP contribution in [-0.2, 0) is 11.2 Å². The third-order valence-electron chi connectivity index (χ3n) is 2.95. The van der Waals surface area contributed by atoms with Crippen molar-refractivity contribution in [1.82, 2.24) is 0 Å². The van der Waals surface area contributed by atoms with Crippen LogP contribution in [0.15, 0.2) is 48.5 Å². The van der Waals surface area contributed by atoms with Crippen molar-refractivity contribution in [1.29, 1.82) is 0 Å². The number of carboxylic acid groups (broad SMARTS) is 1. The minimum Gasteiger partial charge on any atom is -0.545 e. The van der Waals surface area contributed by atoms with Gasteiger partial charge in [-0.15, -0.1) is 0 Å². The van der Waals surface area contributed by atoms with Crippen molar-refractivity contribution in [2.45, 2.75) is 13.3 Å². The lowest BCUT2D eigenvalue weighted by Crippen LogP contribution is -2.23. The molecule has 0 saturated heterocycles. The Morgan fingerprint density at radius 2 is 1.80 bits per heavy atom. The average Bonchev–Trinajstić information content (AvgIpc) is 2.42. The van der Waals surface area contributed by atoms with Gasteiger partial charge in [0.2, 0.25) is 5.91 Å². The lowest BCUT2D eigenvalue weighted by atomic mass is 10.1. The zero-order valence-electron chi connectivity index (χ0n) is 11.1. The lowest BCUT2D eigenvalue weighted by molar-refractivity contribution is -0.255. The summed E-state index contributed by atoms with van der Waals surface area (Å²) in [6, 6.07) is 13.9. The van der Waals surface area contributed by atoms with Crippen molar-refractivity contribution < 1.29 is 14.7 Å². The summed E-state index contributed by atoms with van der Waals surface area (Å²) in [7, 11) is 0. The molecule has 0 aromatic heterocycles. The molecule has 2 aromatic rings. The minimum absolute atomic E-state index is 0.0469. The summed E-state index contributed by atoms with van der Waals surface area (Å²) in [6.07, 6.45) is 0.246. The molecule has 0 fully saturated rings. The zero-order chi connectivity index (χ0) is 14.5. The third kappa shape index (κ3) is 3.45. The van der Waals surface area contributed by atoms with Gasteiger partial charge in [-0.1, -0.05) is 42.5 Å².